The normalized spacial score (nSPS) is 10.4. The molecule has 0 amide bonds. The Labute approximate surface area is 115 Å². The fraction of sp³-hybridized carbons (Fsp3) is 0.143. The van der Waals surface area contributed by atoms with Crippen LogP contribution in [0, 0.1) is 13.8 Å². The monoisotopic (exact) mass is 274 g/mol. The number of nitrogens with two attached hydrogens (primary N) is 1. The molecule has 98 valence electrons. The van der Waals surface area contributed by atoms with Crippen molar-refractivity contribution in [2.24, 2.45) is 0 Å². The number of carbonyl (C=O) groups is 1. The van der Waals surface area contributed by atoms with E-state index in [1.54, 1.807) is 12.1 Å². The average Bonchev–Trinajstić information content (AvgIpc) is 2.30. The molecule has 1 heterocycles. The average molecular weight is 274 g/mol. The van der Waals surface area contributed by atoms with Crippen molar-refractivity contribution in [3.8, 4) is 0 Å². The van der Waals surface area contributed by atoms with Gasteiger partial charge in [-0.2, -0.15) is 0 Å². The lowest BCUT2D eigenvalue weighted by atomic mass is 10.2. The SMILES string of the molecule is Cc1cc(C)nc(Sc2ccc(N)cc2C(=O)O)c1. The maximum atomic E-state index is 11.2. The van der Waals surface area contributed by atoms with Gasteiger partial charge in [0.1, 0.15) is 5.03 Å². The Kier molecular flexibility index (Phi) is 3.76. The Morgan fingerprint density at radius 1 is 1.26 bits per heavy atom. The van der Waals surface area contributed by atoms with Crippen LogP contribution in [-0.2, 0) is 0 Å². The van der Waals surface area contributed by atoms with Crippen molar-refractivity contribution in [3.63, 3.8) is 0 Å². The molecule has 0 saturated carbocycles. The molecule has 0 bridgehead atoms. The molecule has 0 saturated heterocycles. The van der Waals surface area contributed by atoms with Crippen molar-refractivity contribution >= 4 is 23.4 Å². The molecular weight excluding hydrogens is 260 g/mol. The predicted molar refractivity (Wildman–Crippen MR) is 75.6 cm³/mol. The maximum Gasteiger partial charge on any atom is 0.336 e. The van der Waals surface area contributed by atoms with E-state index in [4.69, 9.17) is 5.73 Å². The second kappa shape index (κ2) is 5.32. The highest BCUT2D eigenvalue weighted by Crippen LogP contribution is 2.31. The Bertz CT molecular complexity index is 621. The molecule has 0 aliphatic carbocycles. The number of benzene rings is 1. The first kappa shape index (κ1) is 13.4. The summed E-state index contributed by atoms with van der Waals surface area (Å²) in [7, 11) is 0. The van der Waals surface area contributed by atoms with Gasteiger partial charge in [0.2, 0.25) is 0 Å². The molecule has 0 radical (unpaired) electrons. The lowest BCUT2D eigenvalue weighted by Gasteiger charge is -2.07. The van der Waals surface area contributed by atoms with E-state index in [-0.39, 0.29) is 5.56 Å². The first-order valence-electron chi connectivity index (χ1n) is 5.71. The Morgan fingerprint density at radius 3 is 2.63 bits per heavy atom. The summed E-state index contributed by atoms with van der Waals surface area (Å²) in [4.78, 5) is 16.2. The summed E-state index contributed by atoms with van der Waals surface area (Å²) in [5.74, 6) is -0.987. The molecule has 2 aromatic rings. The quantitative estimate of drug-likeness (QED) is 0.841. The molecule has 4 nitrogen and oxygen atoms in total. The van der Waals surface area contributed by atoms with E-state index in [2.05, 4.69) is 4.98 Å². The molecule has 5 heteroatoms. The highest BCUT2D eigenvalue weighted by molar-refractivity contribution is 7.99. The Hall–Kier alpha value is -2.01. The standard InChI is InChI=1S/C14H14N2O2S/c1-8-5-9(2)16-13(6-8)19-12-4-3-10(15)7-11(12)14(17)18/h3-7H,15H2,1-2H3,(H,17,18). The zero-order valence-electron chi connectivity index (χ0n) is 10.7. The van der Waals surface area contributed by atoms with E-state index >= 15 is 0 Å². The lowest BCUT2D eigenvalue weighted by molar-refractivity contribution is 0.0693. The summed E-state index contributed by atoms with van der Waals surface area (Å²) in [5.41, 5.74) is 8.27. The third kappa shape index (κ3) is 3.26. The van der Waals surface area contributed by atoms with E-state index in [0.717, 1.165) is 16.3 Å². The number of nitrogen functional groups attached to an aromatic ring is 1. The molecule has 0 atom stereocenters. The summed E-state index contributed by atoms with van der Waals surface area (Å²) in [6, 6.07) is 8.78. The molecule has 3 N–H and O–H groups in total. The summed E-state index contributed by atoms with van der Waals surface area (Å²) in [5, 5.41) is 9.97. The van der Waals surface area contributed by atoms with Crippen LogP contribution in [-0.4, -0.2) is 16.1 Å². The number of anilines is 1. The van der Waals surface area contributed by atoms with Crippen LogP contribution in [0.5, 0.6) is 0 Å². The van der Waals surface area contributed by atoms with Gasteiger partial charge in [-0.15, -0.1) is 0 Å². The molecule has 0 unspecified atom stereocenters. The van der Waals surface area contributed by atoms with Gasteiger partial charge in [0, 0.05) is 16.3 Å². The Balaban J connectivity index is 2.40. The van der Waals surface area contributed by atoms with Crippen molar-refractivity contribution in [1.82, 2.24) is 4.98 Å². The third-order valence-electron chi connectivity index (χ3n) is 2.52. The van der Waals surface area contributed by atoms with E-state index in [0.29, 0.717) is 10.6 Å². The van der Waals surface area contributed by atoms with Crippen molar-refractivity contribution in [2.45, 2.75) is 23.8 Å². The van der Waals surface area contributed by atoms with Gasteiger partial charge in [0.25, 0.3) is 0 Å². The zero-order valence-corrected chi connectivity index (χ0v) is 11.5. The number of hydrogen-bond donors (Lipinski definition) is 2. The Morgan fingerprint density at radius 2 is 2.00 bits per heavy atom. The highest BCUT2D eigenvalue weighted by atomic mass is 32.2. The van der Waals surface area contributed by atoms with Gasteiger partial charge >= 0.3 is 5.97 Å². The van der Waals surface area contributed by atoms with Crippen LogP contribution in [0.1, 0.15) is 21.6 Å². The van der Waals surface area contributed by atoms with Crippen LogP contribution in [0.2, 0.25) is 0 Å². The summed E-state index contributed by atoms with van der Waals surface area (Å²) in [6.45, 7) is 3.90. The number of aromatic nitrogens is 1. The van der Waals surface area contributed by atoms with E-state index in [9.17, 15) is 9.90 Å². The van der Waals surface area contributed by atoms with Crippen molar-refractivity contribution in [3.05, 3.63) is 47.2 Å². The molecule has 0 aliphatic heterocycles. The fourth-order valence-electron chi connectivity index (χ4n) is 1.77. The molecule has 1 aromatic carbocycles. The molecule has 0 spiro atoms. The van der Waals surface area contributed by atoms with Gasteiger partial charge in [-0.1, -0.05) is 11.8 Å². The number of nitrogens with zero attached hydrogens (tertiary/aromatic N) is 1. The number of pyridine rings is 1. The van der Waals surface area contributed by atoms with E-state index < -0.39 is 5.97 Å². The van der Waals surface area contributed by atoms with Crippen LogP contribution >= 0.6 is 11.8 Å². The lowest BCUT2D eigenvalue weighted by Crippen LogP contribution is -2.00. The topological polar surface area (TPSA) is 76.2 Å². The van der Waals surface area contributed by atoms with Gasteiger partial charge < -0.3 is 10.8 Å². The largest absolute Gasteiger partial charge is 0.478 e. The number of hydrogen-bond acceptors (Lipinski definition) is 4. The number of aromatic carboxylic acids is 1. The van der Waals surface area contributed by atoms with Gasteiger partial charge in [-0.3, -0.25) is 0 Å². The minimum absolute atomic E-state index is 0.200. The van der Waals surface area contributed by atoms with Crippen LogP contribution in [0.4, 0.5) is 5.69 Å². The minimum Gasteiger partial charge on any atom is -0.478 e. The maximum absolute atomic E-state index is 11.2. The number of carboxylic acid groups (broad SMARTS) is 1. The second-order valence-electron chi connectivity index (χ2n) is 4.29. The first-order chi connectivity index (χ1) is 8.95. The third-order valence-corrected chi connectivity index (χ3v) is 3.52. The molecular formula is C14H14N2O2S. The van der Waals surface area contributed by atoms with Crippen LogP contribution in [0.25, 0.3) is 0 Å². The number of rotatable bonds is 3. The minimum atomic E-state index is -0.987. The van der Waals surface area contributed by atoms with Gasteiger partial charge in [-0.25, -0.2) is 9.78 Å². The number of aryl methyl sites for hydroxylation is 2. The first-order valence-corrected chi connectivity index (χ1v) is 6.53. The highest BCUT2D eigenvalue weighted by Gasteiger charge is 2.12. The zero-order chi connectivity index (χ0) is 14.0. The van der Waals surface area contributed by atoms with E-state index in [1.165, 1.54) is 17.8 Å². The smallest absolute Gasteiger partial charge is 0.336 e. The molecule has 0 fully saturated rings. The van der Waals surface area contributed by atoms with Gasteiger partial charge in [0.05, 0.1) is 5.56 Å². The molecule has 2 rings (SSSR count). The molecule has 19 heavy (non-hydrogen) atoms. The van der Waals surface area contributed by atoms with Crippen molar-refractivity contribution < 1.29 is 9.90 Å². The van der Waals surface area contributed by atoms with Crippen LogP contribution < -0.4 is 5.73 Å². The van der Waals surface area contributed by atoms with Gasteiger partial charge in [-0.05, 0) is 49.7 Å². The predicted octanol–water partition coefficient (Wildman–Crippen LogP) is 3.13. The van der Waals surface area contributed by atoms with E-state index in [1.807, 2.05) is 26.0 Å². The fourth-order valence-corrected chi connectivity index (χ4v) is 2.82. The van der Waals surface area contributed by atoms with Gasteiger partial charge in [0.15, 0.2) is 0 Å². The summed E-state index contributed by atoms with van der Waals surface area (Å²) in [6.07, 6.45) is 0. The second-order valence-corrected chi connectivity index (χ2v) is 5.35. The molecule has 0 aliphatic rings. The van der Waals surface area contributed by atoms with Crippen LogP contribution in [0.15, 0.2) is 40.3 Å². The number of carboxylic acids is 1. The summed E-state index contributed by atoms with van der Waals surface area (Å²) < 4.78 is 0. The molecule has 1 aromatic heterocycles. The van der Waals surface area contributed by atoms with Crippen LogP contribution in [0.3, 0.4) is 0 Å². The summed E-state index contributed by atoms with van der Waals surface area (Å²) >= 11 is 1.33. The van der Waals surface area contributed by atoms with Crippen molar-refractivity contribution in [2.75, 3.05) is 5.73 Å². The van der Waals surface area contributed by atoms with Crippen molar-refractivity contribution in [1.29, 1.82) is 0 Å².